The minimum Gasteiger partial charge on any atom is -0.320 e. The van der Waals surface area contributed by atoms with Crippen molar-refractivity contribution in [2.24, 2.45) is 10.2 Å². The van der Waals surface area contributed by atoms with Crippen molar-refractivity contribution in [3.63, 3.8) is 0 Å². The van der Waals surface area contributed by atoms with Gasteiger partial charge >= 0.3 is 0 Å². The third kappa shape index (κ3) is 6.91. The Labute approximate surface area is 177 Å². The molecule has 0 aliphatic rings. The van der Waals surface area contributed by atoms with Crippen LogP contribution >= 0.6 is 11.6 Å². The third-order valence-electron chi connectivity index (χ3n) is 3.99. The largest absolute Gasteiger partial charge is 0.320 e. The fraction of sp³-hybridized carbons (Fsp3) is 0.318. The second kappa shape index (κ2) is 9.56. The quantitative estimate of drug-likeness (QED) is 0.454. The van der Waals surface area contributed by atoms with Crippen LogP contribution < -0.4 is 16.2 Å². The molecule has 0 saturated heterocycles. The van der Waals surface area contributed by atoms with Gasteiger partial charge in [0.25, 0.3) is 5.91 Å². The summed E-state index contributed by atoms with van der Waals surface area (Å²) in [6, 6.07) is 13.0. The predicted octanol–water partition coefficient (Wildman–Crippen LogP) is 5.13. The summed E-state index contributed by atoms with van der Waals surface area (Å²) >= 11 is 6.01. The van der Waals surface area contributed by atoms with Gasteiger partial charge in [0.1, 0.15) is 0 Å². The Morgan fingerprint density at radius 3 is 2.28 bits per heavy atom. The van der Waals surface area contributed by atoms with Crippen LogP contribution in [-0.2, 0) is 4.79 Å². The molecule has 0 radical (unpaired) electrons. The number of amides is 1. The Hall–Kier alpha value is -2.86. The van der Waals surface area contributed by atoms with Gasteiger partial charge in [0.2, 0.25) is 0 Å². The zero-order chi connectivity index (χ0) is 21.6. The average molecular weight is 414 g/mol. The first-order chi connectivity index (χ1) is 13.6. The molecule has 2 aromatic carbocycles. The third-order valence-corrected chi connectivity index (χ3v) is 4.22. The van der Waals surface area contributed by atoms with Crippen LogP contribution in [0.2, 0.25) is 5.02 Å². The van der Waals surface area contributed by atoms with Crippen molar-refractivity contribution >= 4 is 40.3 Å². The highest BCUT2D eigenvalue weighted by atomic mass is 35.5. The molecule has 0 aliphatic heterocycles. The normalized spacial score (nSPS) is 12.5. The fourth-order valence-electron chi connectivity index (χ4n) is 2.36. The molecule has 2 aromatic rings. The van der Waals surface area contributed by atoms with E-state index >= 15 is 0 Å². The van der Waals surface area contributed by atoms with Crippen LogP contribution in [0.3, 0.4) is 0 Å². The number of aryl methyl sites for hydroxylation is 2. The number of carbonyl (C=O) groups is 1. The molecule has 0 bridgehead atoms. The van der Waals surface area contributed by atoms with Gasteiger partial charge in [0.15, 0.2) is 5.71 Å². The second-order valence-corrected chi connectivity index (χ2v) is 8.30. The summed E-state index contributed by atoms with van der Waals surface area (Å²) in [6.07, 6.45) is 0. The summed E-state index contributed by atoms with van der Waals surface area (Å²) in [5.74, 6) is -0.352. The lowest BCUT2D eigenvalue weighted by Crippen LogP contribution is -2.36. The number of rotatable bonds is 6. The standard InChI is InChI=1S/C22H28ClN5O/c1-14-9-7-8-10-18(14)24-21(29)20(16(3)25-28-22(4,5)6)27-26-19-12-11-17(23)13-15(19)2/h7-13,26,28H,1-6H3,(H,24,29)/b25-16+,27-20-. The number of hydrogen-bond acceptors (Lipinski definition) is 5. The van der Waals surface area contributed by atoms with Crippen LogP contribution in [0, 0.1) is 13.8 Å². The molecule has 3 N–H and O–H groups in total. The monoisotopic (exact) mass is 413 g/mol. The van der Waals surface area contributed by atoms with Gasteiger partial charge in [-0.1, -0.05) is 29.8 Å². The Bertz CT molecular complexity index is 944. The Morgan fingerprint density at radius 2 is 1.66 bits per heavy atom. The van der Waals surface area contributed by atoms with Gasteiger partial charge in [0.05, 0.1) is 11.4 Å². The van der Waals surface area contributed by atoms with E-state index in [-0.39, 0.29) is 17.2 Å². The highest BCUT2D eigenvalue weighted by Crippen LogP contribution is 2.19. The molecule has 0 aliphatic carbocycles. The van der Waals surface area contributed by atoms with E-state index in [0.717, 1.165) is 22.5 Å². The van der Waals surface area contributed by atoms with Gasteiger partial charge in [-0.15, -0.1) is 0 Å². The molecule has 0 atom stereocenters. The maximum atomic E-state index is 13.0. The van der Waals surface area contributed by atoms with Crippen LogP contribution in [-0.4, -0.2) is 22.9 Å². The SMILES string of the molecule is CC(=N\NC(C)(C)C)/C(=N/Nc1ccc(Cl)cc1C)C(=O)Nc1ccccc1C. The number of benzene rings is 2. The van der Waals surface area contributed by atoms with Crippen molar-refractivity contribution in [3.8, 4) is 0 Å². The average Bonchev–Trinajstić information content (AvgIpc) is 2.63. The molecular formula is C22H28ClN5O. The van der Waals surface area contributed by atoms with E-state index in [4.69, 9.17) is 11.6 Å². The first-order valence-corrected chi connectivity index (χ1v) is 9.73. The van der Waals surface area contributed by atoms with Gasteiger partial charge in [-0.3, -0.25) is 10.2 Å². The summed E-state index contributed by atoms with van der Waals surface area (Å²) in [5.41, 5.74) is 9.76. The highest BCUT2D eigenvalue weighted by molar-refractivity contribution is 6.68. The van der Waals surface area contributed by atoms with Crippen molar-refractivity contribution in [3.05, 3.63) is 58.6 Å². The Kier molecular flexibility index (Phi) is 7.40. The minimum atomic E-state index is -0.352. The number of anilines is 2. The molecule has 0 unspecified atom stereocenters. The summed E-state index contributed by atoms with van der Waals surface area (Å²) in [7, 11) is 0. The van der Waals surface area contributed by atoms with E-state index in [1.165, 1.54) is 0 Å². The van der Waals surface area contributed by atoms with Crippen LogP contribution in [0.15, 0.2) is 52.7 Å². The molecule has 0 heterocycles. The van der Waals surface area contributed by atoms with Crippen molar-refractivity contribution in [1.29, 1.82) is 0 Å². The minimum absolute atomic E-state index is 0.180. The van der Waals surface area contributed by atoms with Gasteiger partial charge < -0.3 is 10.7 Å². The molecule has 154 valence electrons. The molecule has 0 saturated carbocycles. The molecule has 7 heteroatoms. The first kappa shape index (κ1) is 22.4. The molecule has 1 amide bonds. The van der Waals surface area contributed by atoms with E-state index in [1.807, 2.05) is 71.0 Å². The predicted molar refractivity (Wildman–Crippen MR) is 123 cm³/mol. The van der Waals surface area contributed by atoms with Gasteiger partial charge in [0, 0.05) is 16.2 Å². The summed E-state index contributed by atoms with van der Waals surface area (Å²) in [6.45, 7) is 11.6. The molecule has 0 fully saturated rings. The lowest BCUT2D eigenvalue weighted by atomic mass is 10.1. The maximum absolute atomic E-state index is 13.0. The second-order valence-electron chi connectivity index (χ2n) is 7.86. The smallest absolute Gasteiger partial charge is 0.278 e. The number of carbonyl (C=O) groups excluding carboxylic acids is 1. The van der Waals surface area contributed by atoms with Crippen molar-refractivity contribution in [1.82, 2.24) is 5.43 Å². The number of halogens is 1. The zero-order valence-corrected chi connectivity index (χ0v) is 18.5. The molecular weight excluding hydrogens is 386 g/mol. The van der Waals surface area contributed by atoms with E-state index in [9.17, 15) is 4.79 Å². The van der Waals surface area contributed by atoms with Crippen LogP contribution in [0.5, 0.6) is 0 Å². The Balaban J connectivity index is 2.33. The topological polar surface area (TPSA) is 77.9 Å². The van der Waals surface area contributed by atoms with Crippen molar-refractivity contribution in [2.45, 2.75) is 47.1 Å². The first-order valence-electron chi connectivity index (χ1n) is 9.35. The number of para-hydroxylation sites is 1. The van der Waals surface area contributed by atoms with Crippen molar-refractivity contribution < 1.29 is 4.79 Å². The summed E-state index contributed by atoms with van der Waals surface area (Å²) in [5, 5.41) is 12.2. The van der Waals surface area contributed by atoms with Crippen LogP contribution in [0.25, 0.3) is 0 Å². The van der Waals surface area contributed by atoms with Gasteiger partial charge in [-0.25, -0.2) is 0 Å². The highest BCUT2D eigenvalue weighted by Gasteiger charge is 2.18. The van der Waals surface area contributed by atoms with E-state index in [0.29, 0.717) is 10.7 Å². The number of hydrazone groups is 2. The molecule has 0 aromatic heterocycles. The van der Waals surface area contributed by atoms with Gasteiger partial charge in [-0.2, -0.15) is 10.2 Å². The molecule has 29 heavy (non-hydrogen) atoms. The fourth-order valence-corrected chi connectivity index (χ4v) is 2.59. The lowest BCUT2D eigenvalue weighted by molar-refractivity contribution is -0.110. The Morgan fingerprint density at radius 1 is 0.966 bits per heavy atom. The summed E-state index contributed by atoms with van der Waals surface area (Å²) < 4.78 is 0. The summed E-state index contributed by atoms with van der Waals surface area (Å²) in [4.78, 5) is 13.0. The molecule has 0 spiro atoms. The number of hydrogen-bond donors (Lipinski definition) is 3. The van der Waals surface area contributed by atoms with Crippen LogP contribution in [0.4, 0.5) is 11.4 Å². The van der Waals surface area contributed by atoms with Gasteiger partial charge in [-0.05, 0) is 76.9 Å². The van der Waals surface area contributed by atoms with E-state index in [1.54, 1.807) is 13.0 Å². The van der Waals surface area contributed by atoms with Crippen molar-refractivity contribution in [2.75, 3.05) is 10.7 Å². The van der Waals surface area contributed by atoms with Crippen LogP contribution in [0.1, 0.15) is 38.8 Å². The number of nitrogens with one attached hydrogen (secondary N) is 3. The van der Waals surface area contributed by atoms with E-state index in [2.05, 4.69) is 26.4 Å². The number of nitrogens with zero attached hydrogens (tertiary/aromatic N) is 2. The molecule has 2 rings (SSSR count). The zero-order valence-electron chi connectivity index (χ0n) is 17.7. The van der Waals surface area contributed by atoms with E-state index < -0.39 is 0 Å². The lowest BCUT2D eigenvalue weighted by Gasteiger charge is -2.18. The maximum Gasteiger partial charge on any atom is 0.278 e. The molecule has 6 nitrogen and oxygen atoms in total.